The van der Waals surface area contributed by atoms with Gasteiger partial charge in [-0.15, -0.1) is 0 Å². The fourth-order valence-electron chi connectivity index (χ4n) is 5.39. The van der Waals surface area contributed by atoms with Gasteiger partial charge in [-0.1, -0.05) is 45.4 Å². The Morgan fingerprint density at radius 3 is 2.20 bits per heavy atom. The molecule has 13 nitrogen and oxygen atoms in total. The number of rotatable bonds is 14. The molecule has 45 heavy (non-hydrogen) atoms. The summed E-state index contributed by atoms with van der Waals surface area (Å²) in [4.78, 5) is 26.8. The van der Waals surface area contributed by atoms with Crippen LogP contribution in [0.3, 0.4) is 0 Å². The predicted molar refractivity (Wildman–Crippen MR) is 160 cm³/mol. The Morgan fingerprint density at radius 1 is 0.844 bits per heavy atom. The van der Waals surface area contributed by atoms with Crippen molar-refractivity contribution in [1.29, 1.82) is 0 Å². The van der Waals surface area contributed by atoms with Crippen molar-refractivity contribution in [3.63, 3.8) is 0 Å². The first-order valence-electron chi connectivity index (χ1n) is 15.0. The summed E-state index contributed by atoms with van der Waals surface area (Å²) in [5, 5.41) is 81.4. The second-order valence-electron chi connectivity index (χ2n) is 11.3. The Bertz CT molecular complexity index is 1550. The molecule has 1 aliphatic heterocycles. The van der Waals surface area contributed by atoms with Gasteiger partial charge in [-0.3, -0.25) is 9.59 Å². The SMILES string of the molecule is CCCCCCCCCC(=O)Cc1cc(O)c(O)cc1-c1oc2cc(O)cc(O)c2c(=O)c1OC1OC(CO)C(O)C(O)C1O. The average Bonchev–Trinajstić information content (AvgIpc) is 2.99. The van der Waals surface area contributed by atoms with Crippen LogP contribution in [0.4, 0.5) is 0 Å². The molecule has 0 radical (unpaired) electrons. The molecule has 1 saturated heterocycles. The van der Waals surface area contributed by atoms with Crippen LogP contribution >= 0.6 is 0 Å². The van der Waals surface area contributed by atoms with Crippen LogP contribution in [0.25, 0.3) is 22.3 Å². The number of carbonyl (C=O) groups excluding carboxylic acids is 1. The summed E-state index contributed by atoms with van der Waals surface area (Å²) in [5.74, 6) is -3.62. The standard InChI is InChI=1S/C32H40O13/c1-2-3-4-5-6-7-8-9-17(34)10-16-11-20(36)21(37)14-19(16)30-31(27(40)25-22(38)12-18(35)13-23(25)43-30)45-32-29(42)28(41)26(39)24(15-33)44-32/h11-14,24,26,28-29,32-33,35-39,41-42H,2-10,15H2,1H3. The minimum atomic E-state index is -1.92. The quantitative estimate of drug-likeness (QED) is 0.0946. The fraction of sp³-hybridized carbons (Fsp3) is 0.500. The zero-order chi connectivity index (χ0) is 32.8. The van der Waals surface area contributed by atoms with E-state index < -0.39 is 82.6 Å². The molecule has 0 amide bonds. The van der Waals surface area contributed by atoms with Crippen LogP contribution in [0, 0.1) is 0 Å². The molecule has 0 aliphatic carbocycles. The lowest BCUT2D eigenvalue weighted by Gasteiger charge is -2.39. The Balaban J connectivity index is 1.75. The molecule has 2 aromatic carbocycles. The number of benzene rings is 2. The summed E-state index contributed by atoms with van der Waals surface area (Å²) in [6, 6.07) is 4.10. The molecule has 5 unspecified atom stereocenters. The van der Waals surface area contributed by atoms with E-state index in [2.05, 4.69) is 6.92 Å². The zero-order valence-corrected chi connectivity index (χ0v) is 24.9. The van der Waals surface area contributed by atoms with E-state index in [-0.39, 0.29) is 35.3 Å². The van der Waals surface area contributed by atoms with E-state index in [4.69, 9.17) is 13.9 Å². The van der Waals surface area contributed by atoms with Crippen molar-refractivity contribution in [2.45, 2.75) is 95.4 Å². The first-order chi connectivity index (χ1) is 21.5. The number of ketones is 1. The first-order valence-corrected chi connectivity index (χ1v) is 15.0. The minimum absolute atomic E-state index is 0.0698. The van der Waals surface area contributed by atoms with E-state index in [1.165, 1.54) is 0 Å². The lowest BCUT2D eigenvalue weighted by Crippen LogP contribution is -2.60. The van der Waals surface area contributed by atoms with Crippen LogP contribution in [0.1, 0.15) is 63.9 Å². The number of hydrogen-bond acceptors (Lipinski definition) is 13. The summed E-state index contributed by atoms with van der Waals surface area (Å²) in [7, 11) is 0. The molecule has 0 saturated carbocycles. The molecule has 1 aliphatic rings. The third-order valence-electron chi connectivity index (χ3n) is 7.89. The van der Waals surface area contributed by atoms with Crippen LogP contribution in [0.5, 0.6) is 28.7 Å². The number of aliphatic hydroxyl groups is 4. The number of fused-ring (bicyclic) bond motifs is 1. The number of aromatic hydroxyl groups is 4. The minimum Gasteiger partial charge on any atom is -0.508 e. The Kier molecular flexibility index (Phi) is 11.3. The largest absolute Gasteiger partial charge is 0.508 e. The summed E-state index contributed by atoms with van der Waals surface area (Å²) in [6.07, 6.45) is -1.65. The number of ether oxygens (including phenoxy) is 2. The van der Waals surface area contributed by atoms with E-state index >= 15 is 0 Å². The molecule has 0 spiro atoms. The topological polar surface area (TPSA) is 228 Å². The molecule has 0 bridgehead atoms. The van der Waals surface area contributed by atoms with Gasteiger partial charge >= 0.3 is 0 Å². The van der Waals surface area contributed by atoms with Gasteiger partial charge in [-0.25, -0.2) is 0 Å². The maximum atomic E-state index is 13.8. The van der Waals surface area contributed by atoms with E-state index in [0.717, 1.165) is 62.8 Å². The monoisotopic (exact) mass is 632 g/mol. The van der Waals surface area contributed by atoms with Crippen molar-refractivity contribution in [2.24, 2.45) is 0 Å². The summed E-state index contributed by atoms with van der Waals surface area (Å²) in [6.45, 7) is 1.36. The van der Waals surface area contributed by atoms with Gasteiger partial charge in [0.2, 0.25) is 17.5 Å². The van der Waals surface area contributed by atoms with Crippen LogP contribution < -0.4 is 10.2 Å². The van der Waals surface area contributed by atoms with Gasteiger partial charge in [0.05, 0.1) is 6.61 Å². The molecule has 1 fully saturated rings. The second kappa shape index (κ2) is 14.9. The highest BCUT2D eigenvalue weighted by Gasteiger charge is 2.45. The molecule has 1 aromatic heterocycles. The first kappa shape index (κ1) is 34.0. The van der Waals surface area contributed by atoms with Gasteiger partial charge in [0.1, 0.15) is 52.7 Å². The smallest absolute Gasteiger partial charge is 0.239 e. The van der Waals surface area contributed by atoms with Gasteiger partial charge in [-0.2, -0.15) is 0 Å². The summed E-state index contributed by atoms with van der Waals surface area (Å²) < 4.78 is 17.0. The number of phenolic OH excluding ortho intramolecular Hbond substituents is 4. The van der Waals surface area contributed by atoms with Gasteiger partial charge in [-0.05, 0) is 24.1 Å². The third-order valence-corrected chi connectivity index (χ3v) is 7.89. The molecular weight excluding hydrogens is 592 g/mol. The second-order valence-corrected chi connectivity index (χ2v) is 11.3. The molecule has 3 aromatic rings. The predicted octanol–water partition coefficient (Wildman–Crippen LogP) is 2.71. The number of phenols is 4. The highest BCUT2D eigenvalue weighted by atomic mass is 16.7. The van der Waals surface area contributed by atoms with E-state index in [1.54, 1.807) is 0 Å². The lowest BCUT2D eigenvalue weighted by atomic mass is 9.96. The maximum absolute atomic E-state index is 13.8. The van der Waals surface area contributed by atoms with Crippen molar-refractivity contribution >= 4 is 16.8 Å². The molecule has 13 heteroatoms. The number of unbranched alkanes of at least 4 members (excludes halogenated alkanes) is 6. The Morgan fingerprint density at radius 2 is 1.51 bits per heavy atom. The van der Waals surface area contributed by atoms with Gasteiger partial charge < -0.3 is 54.7 Å². The zero-order valence-electron chi connectivity index (χ0n) is 24.9. The van der Waals surface area contributed by atoms with Crippen molar-refractivity contribution in [2.75, 3.05) is 6.61 Å². The van der Waals surface area contributed by atoms with Crippen molar-refractivity contribution in [3.8, 4) is 40.1 Å². The molecule has 4 rings (SSSR count). The third kappa shape index (κ3) is 7.68. The summed E-state index contributed by atoms with van der Waals surface area (Å²) in [5.41, 5.74) is -1.25. The number of Topliss-reactive ketones (excluding diaryl/α,β-unsaturated/α-hetero) is 1. The average molecular weight is 633 g/mol. The van der Waals surface area contributed by atoms with Gasteiger partial charge in [0.15, 0.2) is 17.3 Å². The van der Waals surface area contributed by atoms with Crippen LogP contribution in [-0.4, -0.2) is 83.9 Å². The molecule has 246 valence electrons. The Hall–Kier alpha value is -3.88. The lowest BCUT2D eigenvalue weighted by molar-refractivity contribution is -0.277. The number of carbonyl (C=O) groups is 1. The molecule has 2 heterocycles. The van der Waals surface area contributed by atoms with Crippen molar-refractivity contribution < 1.29 is 59.5 Å². The highest BCUT2D eigenvalue weighted by Crippen LogP contribution is 2.41. The highest BCUT2D eigenvalue weighted by molar-refractivity contribution is 5.90. The Labute approximate surface area is 258 Å². The van der Waals surface area contributed by atoms with Crippen LogP contribution in [-0.2, 0) is 16.0 Å². The molecule has 8 N–H and O–H groups in total. The van der Waals surface area contributed by atoms with Gasteiger partial charge in [0, 0.05) is 30.5 Å². The number of aliphatic hydroxyl groups excluding tert-OH is 4. The van der Waals surface area contributed by atoms with Crippen LogP contribution in [0.15, 0.2) is 33.5 Å². The maximum Gasteiger partial charge on any atom is 0.239 e. The molecular formula is C32H40O13. The normalized spacial score (nSPS) is 21.7. The molecule has 5 atom stereocenters. The van der Waals surface area contributed by atoms with Crippen molar-refractivity contribution in [3.05, 3.63) is 40.1 Å². The van der Waals surface area contributed by atoms with Crippen molar-refractivity contribution in [1.82, 2.24) is 0 Å². The number of hydrogen-bond donors (Lipinski definition) is 8. The summed E-state index contributed by atoms with van der Waals surface area (Å²) >= 11 is 0. The van der Waals surface area contributed by atoms with Gasteiger partial charge in [0.25, 0.3) is 0 Å². The van der Waals surface area contributed by atoms with Crippen LogP contribution in [0.2, 0.25) is 0 Å². The van der Waals surface area contributed by atoms with E-state index in [9.17, 15) is 50.4 Å². The van der Waals surface area contributed by atoms with E-state index in [0.29, 0.717) is 6.42 Å². The van der Waals surface area contributed by atoms with E-state index in [1.807, 2.05) is 0 Å². The fourth-order valence-corrected chi connectivity index (χ4v) is 5.39.